The molecule has 1 aromatic heterocycles. The highest BCUT2D eigenvalue weighted by molar-refractivity contribution is 6.30. The van der Waals surface area contributed by atoms with Crippen molar-refractivity contribution in [3.05, 3.63) is 47.1 Å². The lowest BCUT2D eigenvalue weighted by atomic mass is 10.2. The van der Waals surface area contributed by atoms with Crippen LogP contribution in [0.15, 0.2) is 36.4 Å². The number of ether oxygens (including phenoxy) is 1. The van der Waals surface area contributed by atoms with E-state index >= 15 is 0 Å². The van der Waals surface area contributed by atoms with Crippen molar-refractivity contribution in [3.8, 4) is 5.75 Å². The summed E-state index contributed by atoms with van der Waals surface area (Å²) in [5, 5.41) is 6.09. The smallest absolute Gasteiger partial charge is 0.256 e. The highest BCUT2D eigenvalue weighted by Gasteiger charge is 2.11. The maximum absolute atomic E-state index is 12.3. The molecule has 0 unspecified atom stereocenters. The lowest BCUT2D eigenvalue weighted by Crippen LogP contribution is -2.13. The van der Waals surface area contributed by atoms with Crippen molar-refractivity contribution in [1.82, 2.24) is 4.98 Å². The molecule has 5 nitrogen and oxygen atoms in total. The molecule has 0 bridgehead atoms. The zero-order chi connectivity index (χ0) is 15.2. The Morgan fingerprint density at radius 1 is 1.33 bits per heavy atom. The van der Waals surface area contributed by atoms with Gasteiger partial charge in [0.05, 0.1) is 12.8 Å². The molecule has 21 heavy (non-hydrogen) atoms. The van der Waals surface area contributed by atoms with Crippen molar-refractivity contribution in [2.75, 3.05) is 24.3 Å². The minimum Gasteiger partial charge on any atom is -0.495 e. The molecule has 6 heteroatoms. The third-order valence-corrected chi connectivity index (χ3v) is 2.96. The molecule has 0 spiro atoms. The van der Waals surface area contributed by atoms with Gasteiger partial charge in [-0.1, -0.05) is 23.7 Å². The molecule has 2 rings (SSSR count). The zero-order valence-electron chi connectivity index (χ0n) is 11.8. The van der Waals surface area contributed by atoms with Crippen LogP contribution in [0, 0.1) is 0 Å². The van der Waals surface area contributed by atoms with Gasteiger partial charge in [0, 0.05) is 12.1 Å². The van der Waals surface area contributed by atoms with Crippen LogP contribution < -0.4 is 15.4 Å². The first-order chi connectivity index (χ1) is 10.1. The number of anilines is 2. The number of aromatic nitrogens is 1. The quantitative estimate of drug-likeness (QED) is 0.831. The van der Waals surface area contributed by atoms with E-state index < -0.39 is 0 Å². The van der Waals surface area contributed by atoms with Gasteiger partial charge in [0.1, 0.15) is 16.7 Å². The van der Waals surface area contributed by atoms with Gasteiger partial charge in [0.15, 0.2) is 0 Å². The van der Waals surface area contributed by atoms with Gasteiger partial charge in [0.25, 0.3) is 5.91 Å². The fourth-order valence-electron chi connectivity index (χ4n) is 1.84. The van der Waals surface area contributed by atoms with Crippen LogP contribution in [0.2, 0.25) is 5.15 Å². The van der Waals surface area contributed by atoms with E-state index in [0.717, 1.165) is 0 Å². The Labute approximate surface area is 128 Å². The van der Waals surface area contributed by atoms with Gasteiger partial charge in [-0.3, -0.25) is 4.79 Å². The lowest BCUT2D eigenvalue weighted by molar-refractivity contribution is 0.102. The van der Waals surface area contributed by atoms with E-state index in [4.69, 9.17) is 16.3 Å². The normalized spacial score (nSPS) is 10.0. The molecular formula is C15H16ClN3O2. The number of hydrogen-bond acceptors (Lipinski definition) is 4. The monoisotopic (exact) mass is 305 g/mol. The highest BCUT2D eigenvalue weighted by atomic mass is 35.5. The molecule has 0 aliphatic carbocycles. The van der Waals surface area contributed by atoms with Gasteiger partial charge < -0.3 is 15.4 Å². The lowest BCUT2D eigenvalue weighted by Gasteiger charge is -2.11. The Hall–Kier alpha value is -2.27. The second-order valence-electron chi connectivity index (χ2n) is 4.25. The largest absolute Gasteiger partial charge is 0.495 e. The van der Waals surface area contributed by atoms with Crippen molar-refractivity contribution < 1.29 is 9.53 Å². The molecule has 2 aromatic rings. The molecule has 1 amide bonds. The average Bonchev–Trinajstić information content (AvgIpc) is 2.47. The molecule has 0 saturated carbocycles. The number of nitrogens with one attached hydrogen (secondary N) is 2. The number of pyridine rings is 1. The van der Waals surface area contributed by atoms with E-state index in [1.54, 1.807) is 25.3 Å². The maximum atomic E-state index is 12.3. The van der Waals surface area contributed by atoms with Crippen molar-refractivity contribution >= 4 is 29.0 Å². The fourth-order valence-corrected chi connectivity index (χ4v) is 2.05. The number of halogens is 1. The third-order valence-electron chi connectivity index (χ3n) is 2.77. The molecular weight excluding hydrogens is 290 g/mol. The Bertz CT molecular complexity index is 647. The van der Waals surface area contributed by atoms with E-state index in [2.05, 4.69) is 15.6 Å². The Morgan fingerprint density at radius 2 is 2.10 bits per heavy atom. The van der Waals surface area contributed by atoms with Crippen LogP contribution in [0.4, 0.5) is 11.5 Å². The Kier molecular flexibility index (Phi) is 5.00. The number of benzene rings is 1. The summed E-state index contributed by atoms with van der Waals surface area (Å²) in [6.07, 6.45) is 0. The van der Waals surface area contributed by atoms with Gasteiger partial charge in [-0.05, 0) is 31.2 Å². The minimum absolute atomic E-state index is 0.263. The number of amides is 1. The van der Waals surface area contributed by atoms with Crippen LogP contribution in [-0.2, 0) is 0 Å². The van der Waals surface area contributed by atoms with Gasteiger partial charge in [-0.2, -0.15) is 0 Å². The van der Waals surface area contributed by atoms with Crippen LogP contribution in [-0.4, -0.2) is 24.5 Å². The molecule has 0 fully saturated rings. The summed E-state index contributed by atoms with van der Waals surface area (Å²) in [4.78, 5) is 16.4. The maximum Gasteiger partial charge on any atom is 0.256 e. The number of methoxy groups -OCH3 is 1. The van der Waals surface area contributed by atoms with Crippen LogP contribution in [0.3, 0.4) is 0 Å². The SMILES string of the molecule is CCNc1cc(C(=O)Nc2ccccc2OC)cc(Cl)n1. The molecule has 2 N–H and O–H groups in total. The summed E-state index contributed by atoms with van der Waals surface area (Å²) in [6, 6.07) is 10.4. The summed E-state index contributed by atoms with van der Waals surface area (Å²) >= 11 is 5.94. The summed E-state index contributed by atoms with van der Waals surface area (Å²) in [5.74, 6) is 0.885. The van der Waals surface area contributed by atoms with Crippen molar-refractivity contribution in [2.45, 2.75) is 6.92 Å². The van der Waals surface area contributed by atoms with E-state index in [-0.39, 0.29) is 11.1 Å². The van der Waals surface area contributed by atoms with Gasteiger partial charge in [0.2, 0.25) is 0 Å². The second-order valence-corrected chi connectivity index (χ2v) is 4.64. The summed E-state index contributed by atoms with van der Waals surface area (Å²) < 4.78 is 5.20. The molecule has 0 aliphatic heterocycles. The van der Waals surface area contributed by atoms with Gasteiger partial charge in [-0.15, -0.1) is 0 Å². The predicted octanol–water partition coefficient (Wildman–Crippen LogP) is 3.43. The van der Waals surface area contributed by atoms with Crippen LogP contribution in [0.5, 0.6) is 5.75 Å². The highest BCUT2D eigenvalue weighted by Crippen LogP contribution is 2.24. The fraction of sp³-hybridized carbons (Fsp3) is 0.200. The molecule has 1 heterocycles. The third kappa shape index (κ3) is 3.86. The number of nitrogens with zero attached hydrogens (tertiary/aromatic N) is 1. The first-order valence-corrected chi connectivity index (χ1v) is 6.87. The Balaban J connectivity index is 2.24. The number of rotatable bonds is 5. The van der Waals surface area contributed by atoms with E-state index in [9.17, 15) is 4.79 Å². The number of carbonyl (C=O) groups excluding carboxylic acids is 1. The van der Waals surface area contributed by atoms with E-state index in [1.165, 1.54) is 6.07 Å². The van der Waals surface area contributed by atoms with Gasteiger partial charge >= 0.3 is 0 Å². The second kappa shape index (κ2) is 6.95. The zero-order valence-corrected chi connectivity index (χ0v) is 12.6. The van der Waals surface area contributed by atoms with Crippen LogP contribution >= 0.6 is 11.6 Å². The predicted molar refractivity (Wildman–Crippen MR) is 84.4 cm³/mol. The molecule has 110 valence electrons. The van der Waals surface area contributed by atoms with E-state index in [0.29, 0.717) is 29.4 Å². The van der Waals surface area contributed by atoms with Crippen molar-refractivity contribution in [3.63, 3.8) is 0 Å². The van der Waals surface area contributed by atoms with Crippen LogP contribution in [0.25, 0.3) is 0 Å². The first-order valence-electron chi connectivity index (χ1n) is 6.50. The molecule has 0 radical (unpaired) electrons. The summed E-state index contributed by atoms with van der Waals surface area (Å²) in [7, 11) is 1.55. The van der Waals surface area contributed by atoms with Gasteiger partial charge in [-0.25, -0.2) is 4.98 Å². The topological polar surface area (TPSA) is 63.2 Å². The summed E-state index contributed by atoms with van der Waals surface area (Å²) in [6.45, 7) is 2.64. The number of hydrogen-bond donors (Lipinski definition) is 2. The summed E-state index contributed by atoms with van der Waals surface area (Å²) in [5.41, 5.74) is 1.03. The van der Waals surface area contributed by atoms with Crippen molar-refractivity contribution in [1.29, 1.82) is 0 Å². The molecule has 1 aromatic carbocycles. The first kappa shape index (κ1) is 15.1. The van der Waals surface area contributed by atoms with E-state index in [1.807, 2.05) is 19.1 Å². The van der Waals surface area contributed by atoms with Crippen molar-refractivity contribution in [2.24, 2.45) is 0 Å². The molecule has 0 aliphatic rings. The average molecular weight is 306 g/mol. The molecule has 0 saturated heterocycles. The minimum atomic E-state index is -0.275. The van der Waals surface area contributed by atoms with Crippen LogP contribution in [0.1, 0.15) is 17.3 Å². The Morgan fingerprint density at radius 3 is 2.81 bits per heavy atom. The number of para-hydroxylation sites is 2. The molecule has 0 atom stereocenters. The number of carbonyl (C=O) groups is 1. The standard InChI is InChI=1S/C15H16ClN3O2/c1-3-17-14-9-10(8-13(16)19-14)15(20)18-11-6-4-5-7-12(11)21-2/h4-9H,3H2,1-2H3,(H,17,19)(H,18,20).